The summed E-state index contributed by atoms with van der Waals surface area (Å²) in [5, 5.41) is 10.4. The first-order valence-electron chi connectivity index (χ1n) is 14.3. The van der Waals surface area contributed by atoms with E-state index in [1.165, 1.54) is 77.0 Å². The van der Waals surface area contributed by atoms with Gasteiger partial charge in [0.15, 0.2) is 0 Å². The highest BCUT2D eigenvalue weighted by Gasteiger charge is 2.58. The monoisotopic (exact) mass is 429 g/mol. The van der Waals surface area contributed by atoms with Gasteiger partial charge in [0, 0.05) is 18.1 Å². The van der Waals surface area contributed by atoms with Gasteiger partial charge in [-0.15, -0.1) is 0 Å². The van der Waals surface area contributed by atoms with Crippen molar-refractivity contribution < 1.29 is 5.11 Å². The summed E-state index contributed by atoms with van der Waals surface area (Å²) in [5.41, 5.74) is 0.474. The second-order valence-electron chi connectivity index (χ2n) is 13.6. The maximum atomic E-state index is 10.4. The quantitative estimate of drug-likeness (QED) is 0.519. The summed E-state index contributed by atoms with van der Waals surface area (Å²) in [7, 11) is 0. The third kappa shape index (κ3) is 4.27. The number of aliphatic hydroxyl groups excluding tert-OH is 1. The van der Waals surface area contributed by atoms with Crippen molar-refractivity contribution in [1.82, 2.24) is 4.90 Å². The topological polar surface area (TPSA) is 23.5 Å². The Hall–Kier alpha value is -0.0800. The number of rotatable bonds is 3. The lowest BCUT2D eigenvalue weighted by Crippen LogP contribution is -2.54. The van der Waals surface area contributed by atoms with Gasteiger partial charge in [-0.1, -0.05) is 27.7 Å². The Morgan fingerprint density at radius 2 is 1.13 bits per heavy atom. The van der Waals surface area contributed by atoms with E-state index >= 15 is 0 Å². The maximum absolute atomic E-state index is 10.4. The fourth-order valence-corrected chi connectivity index (χ4v) is 9.64. The second-order valence-corrected chi connectivity index (χ2v) is 13.6. The van der Waals surface area contributed by atoms with Crippen molar-refractivity contribution in [2.24, 2.45) is 40.9 Å². The predicted octanol–water partition coefficient (Wildman–Crippen LogP) is 7.05. The van der Waals surface area contributed by atoms with Crippen LogP contribution in [-0.4, -0.2) is 34.2 Å². The average Bonchev–Trinajstić information content (AvgIpc) is 2.97. The van der Waals surface area contributed by atoms with Gasteiger partial charge in [0.1, 0.15) is 0 Å². The van der Waals surface area contributed by atoms with Gasteiger partial charge >= 0.3 is 0 Å². The Balaban J connectivity index is 1.35. The third-order valence-corrected chi connectivity index (χ3v) is 11.4. The molecule has 0 heterocycles. The van der Waals surface area contributed by atoms with Crippen LogP contribution in [0.15, 0.2) is 0 Å². The standard InChI is InChI=1S/C29H51NO/c1-19-5-9-21(10-6-19)30(22-11-7-20(2)8-12-22)23-13-15-25-26-18-24(31)14-16-27(26)29(3,4)28(25)17-23/h19-28,31H,5-18H2,1-4H3. The number of nitrogens with zero attached hydrogens (tertiary/aromatic N) is 1. The van der Waals surface area contributed by atoms with E-state index in [2.05, 4.69) is 32.6 Å². The minimum atomic E-state index is -0.0153. The molecular formula is C29H51NO. The summed E-state index contributed by atoms with van der Waals surface area (Å²) in [4.78, 5) is 3.17. The zero-order valence-electron chi connectivity index (χ0n) is 21.1. The van der Waals surface area contributed by atoms with Gasteiger partial charge in [0.2, 0.25) is 0 Å². The number of hydrogen-bond donors (Lipinski definition) is 1. The van der Waals surface area contributed by atoms with Gasteiger partial charge in [0.05, 0.1) is 6.10 Å². The molecule has 178 valence electrons. The lowest BCUT2D eigenvalue weighted by molar-refractivity contribution is -0.0183. The predicted molar refractivity (Wildman–Crippen MR) is 130 cm³/mol. The Morgan fingerprint density at radius 1 is 0.581 bits per heavy atom. The van der Waals surface area contributed by atoms with Crippen LogP contribution < -0.4 is 0 Å². The highest BCUT2D eigenvalue weighted by atomic mass is 16.3. The molecule has 0 aromatic heterocycles. The summed E-state index contributed by atoms with van der Waals surface area (Å²) in [6, 6.07) is 2.57. The molecule has 31 heavy (non-hydrogen) atoms. The van der Waals surface area contributed by atoms with E-state index in [9.17, 15) is 5.11 Å². The Morgan fingerprint density at radius 3 is 1.71 bits per heavy atom. The molecule has 0 amide bonds. The SMILES string of the molecule is CC1CCC(N(C2CCC(C)CC2)C2CCC3C4CC(O)CCC4C(C)(C)C3C2)CC1. The number of fused-ring (bicyclic) bond motifs is 3. The molecule has 5 rings (SSSR count). The summed E-state index contributed by atoms with van der Waals surface area (Å²) >= 11 is 0. The van der Waals surface area contributed by atoms with Crippen LogP contribution in [0.2, 0.25) is 0 Å². The summed E-state index contributed by atoms with van der Waals surface area (Å²) in [5.74, 6) is 5.35. The Labute approximate surface area is 192 Å². The molecule has 5 fully saturated rings. The van der Waals surface area contributed by atoms with E-state index in [1.54, 1.807) is 0 Å². The molecule has 0 aromatic rings. The molecule has 0 bridgehead atoms. The summed E-state index contributed by atoms with van der Waals surface area (Å²) < 4.78 is 0. The van der Waals surface area contributed by atoms with Crippen LogP contribution in [0.1, 0.15) is 118 Å². The van der Waals surface area contributed by atoms with Crippen LogP contribution >= 0.6 is 0 Å². The van der Waals surface area contributed by atoms with Gasteiger partial charge in [-0.25, -0.2) is 0 Å². The van der Waals surface area contributed by atoms with Gasteiger partial charge in [0.25, 0.3) is 0 Å². The Kier molecular flexibility index (Phi) is 6.54. The number of aliphatic hydroxyl groups is 1. The molecule has 0 aromatic carbocycles. The molecule has 0 aliphatic heterocycles. The van der Waals surface area contributed by atoms with E-state index in [0.717, 1.165) is 66.5 Å². The van der Waals surface area contributed by atoms with Gasteiger partial charge in [-0.2, -0.15) is 0 Å². The summed E-state index contributed by atoms with van der Waals surface area (Å²) in [6.45, 7) is 10.2. The molecule has 2 heteroatoms. The minimum Gasteiger partial charge on any atom is -0.393 e. The van der Waals surface area contributed by atoms with E-state index in [1.807, 2.05) is 0 Å². The minimum absolute atomic E-state index is 0.0153. The molecule has 5 aliphatic rings. The highest BCUT2D eigenvalue weighted by molar-refractivity contribution is 5.08. The van der Waals surface area contributed by atoms with Crippen LogP contribution in [0, 0.1) is 40.9 Å². The van der Waals surface area contributed by atoms with E-state index < -0.39 is 0 Å². The zero-order valence-corrected chi connectivity index (χ0v) is 21.1. The van der Waals surface area contributed by atoms with Gasteiger partial charge in [-0.05, 0) is 131 Å². The fraction of sp³-hybridized carbons (Fsp3) is 1.00. The average molecular weight is 430 g/mol. The van der Waals surface area contributed by atoms with Crippen LogP contribution in [-0.2, 0) is 0 Å². The first-order valence-corrected chi connectivity index (χ1v) is 14.3. The zero-order chi connectivity index (χ0) is 21.8. The lowest BCUT2D eigenvalue weighted by atomic mass is 9.66. The molecule has 0 saturated heterocycles. The maximum Gasteiger partial charge on any atom is 0.0543 e. The molecule has 0 radical (unpaired) electrons. The van der Waals surface area contributed by atoms with Gasteiger partial charge in [-0.3, -0.25) is 4.90 Å². The van der Waals surface area contributed by atoms with Gasteiger partial charge < -0.3 is 5.11 Å². The van der Waals surface area contributed by atoms with Crippen molar-refractivity contribution in [1.29, 1.82) is 0 Å². The van der Waals surface area contributed by atoms with Crippen LogP contribution in [0.5, 0.6) is 0 Å². The van der Waals surface area contributed by atoms with E-state index in [0.29, 0.717) is 5.41 Å². The molecule has 5 saturated carbocycles. The number of hydrogen-bond acceptors (Lipinski definition) is 2. The van der Waals surface area contributed by atoms with Crippen molar-refractivity contribution in [3.63, 3.8) is 0 Å². The van der Waals surface area contributed by atoms with Crippen molar-refractivity contribution in [3.05, 3.63) is 0 Å². The van der Waals surface area contributed by atoms with Crippen LogP contribution in [0.3, 0.4) is 0 Å². The second kappa shape index (κ2) is 8.94. The molecule has 1 N–H and O–H groups in total. The van der Waals surface area contributed by atoms with Crippen molar-refractivity contribution in [3.8, 4) is 0 Å². The molecule has 0 spiro atoms. The molecule has 6 atom stereocenters. The van der Waals surface area contributed by atoms with Crippen molar-refractivity contribution in [2.45, 2.75) is 142 Å². The van der Waals surface area contributed by atoms with E-state index in [4.69, 9.17) is 0 Å². The first-order chi connectivity index (χ1) is 14.8. The summed E-state index contributed by atoms with van der Waals surface area (Å²) in [6.07, 6.45) is 19.4. The van der Waals surface area contributed by atoms with Crippen LogP contribution in [0.4, 0.5) is 0 Å². The Bertz CT molecular complexity index is 578. The smallest absolute Gasteiger partial charge is 0.0543 e. The molecule has 5 aliphatic carbocycles. The first kappa shape index (κ1) is 22.7. The third-order valence-electron chi connectivity index (χ3n) is 11.4. The fourth-order valence-electron chi connectivity index (χ4n) is 9.64. The molecule has 2 nitrogen and oxygen atoms in total. The van der Waals surface area contributed by atoms with Crippen LogP contribution in [0.25, 0.3) is 0 Å². The molecular weight excluding hydrogens is 378 g/mol. The highest BCUT2D eigenvalue weighted by Crippen LogP contribution is 2.63. The van der Waals surface area contributed by atoms with Crippen molar-refractivity contribution >= 4 is 0 Å². The lowest BCUT2D eigenvalue weighted by Gasteiger charge is -2.51. The largest absolute Gasteiger partial charge is 0.393 e. The molecule has 6 unspecified atom stereocenters. The normalized spacial score (nSPS) is 50.1. The van der Waals surface area contributed by atoms with E-state index in [-0.39, 0.29) is 6.10 Å². The van der Waals surface area contributed by atoms with Crippen molar-refractivity contribution in [2.75, 3.05) is 0 Å².